The van der Waals surface area contributed by atoms with Gasteiger partial charge in [0.1, 0.15) is 0 Å². The summed E-state index contributed by atoms with van der Waals surface area (Å²) in [5.41, 5.74) is 0. The van der Waals surface area contributed by atoms with Crippen molar-refractivity contribution >= 4 is 5.91 Å². The predicted molar refractivity (Wildman–Crippen MR) is 80.4 cm³/mol. The average molecular weight is 285 g/mol. The zero-order chi connectivity index (χ0) is 14.6. The number of hydrogen-bond acceptors (Lipinski definition) is 3. The number of nitrogens with zero attached hydrogens (tertiary/aromatic N) is 1. The molecule has 1 heterocycles. The maximum absolute atomic E-state index is 12.0. The highest BCUT2D eigenvalue weighted by molar-refractivity contribution is 5.76. The summed E-state index contributed by atoms with van der Waals surface area (Å²) >= 11 is 0. The molecular formula is C16H31NO3. The molecule has 1 rings (SSSR count). The normalized spacial score (nSPS) is 17.2. The Labute approximate surface area is 123 Å². The van der Waals surface area contributed by atoms with Gasteiger partial charge in [-0.25, -0.2) is 0 Å². The lowest BCUT2D eigenvalue weighted by molar-refractivity contribution is -0.134. The van der Waals surface area contributed by atoms with E-state index in [1.807, 2.05) is 0 Å². The number of aliphatic hydroxyl groups is 1. The highest BCUT2D eigenvalue weighted by Crippen LogP contribution is 2.17. The predicted octanol–water partition coefficient (Wildman–Crippen LogP) is 3.08. The molecule has 1 atom stereocenters. The van der Waals surface area contributed by atoms with Crippen LogP contribution in [0, 0.1) is 0 Å². The smallest absolute Gasteiger partial charge is 0.224 e. The summed E-state index contributed by atoms with van der Waals surface area (Å²) in [6.45, 7) is 3.29. The molecule has 1 aliphatic rings. The summed E-state index contributed by atoms with van der Waals surface area (Å²) in [7, 11) is 0. The molecule has 0 aromatic rings. The molecular weight excluding hydrogens is 254 g/mol. The molecule has 1 saturated heterocycles. The number of carbonyl (C=O) groups excluding carboxylic acids is 1. The van der Waals surface area contributed by atoms with Crippen molar-refractivity contribution in [2.75, 3.05) is 19.8 Å². The van der Waals surface area contributed by atoms with Crippen LogP contribution in [0.15, 0.2) is 0 Å². The molecule has 0 spiro atoms. The summed E-state index contributed by atoms with van der Waals surface area (Å²) in [4.78, 5) is 13.6. The SMILES string of the molecule is CCCCCCCCCCCC(=O)N(CCO)C1CO1. The fraction of sp³-hybridized carbons (Fsp3) is 0.938. The van der Waals surface area contributed by atoms with E-state index in [0.29, 0.717) is 19.6 Å². The first-order valence-electron chi connectivity index (χ1n) is 8.31. The number of epoxide rings is 1. The Balaban J connectivity index is 1.93. The van der Waals surface area contributed by atoms with Gasteiger partial charge in [0.2, 0.25) is 5.91 Å². The third-order valence-corrected chi connectivity index (χ3v) is 3.82. The van der Waals surface area contributed by atoms with E-state index in [9.17, 15) is 4.79 Å². The van der Waals surface area contributed by atoms with Crippen molar-refractivity contribution in [3.05, 3.63) is 0 Å². The van der Waals surface area contributed by atoms with Gasteiger partial charge in [-0.05, 0) is 6.42 Å². The topological polar surface area (TPSA) is 53.1 Å². The van der Waals surface area contributed by atoms with Crippen molar-refractivity contribution in [3.8, 4) is 0 Å². The molecule has 1 amide bonds. The van der Waals surface area contributed by atoms with E-state index in [2.05, 4.69) is 6.92 Å². The molecule has 1 fully saturated rings. The van der Waals surface area contributed by atoms with E-state index in [1.54, 1.807) is 4.90 Å². The summed E-state index contributed by atoms with van der Waals surface area (Å²) in [6.07, 6.45) is 11.9. The van der Waals surface area contributed by atoms with Crippen molar-refractivity contribution in [1.29, 1.82) is 0 Å². The van der Waals surface area contributed by atoms with E-state index in [0.717, 1.165) is 12.8 Å². The zero-order valence-electron chi connectivity index (χ0n) is 13.0. The summed E-state index contributed by atoms with van der Waals surface area (Å²) in [5, 5.41) is 8.94. The molecule has 0 bridgehead atoms. The Morgan fingerprint density at radius 3 is 2.15 bits per heavy atom. The highest BCUT2D eigenvalue weighted by Gasteiger charge is 2.32. The lowest BCUT2D eigenvalue weighted by atomic mass is 10.1. The second kappa shape index (κ2) is 11.1. The molecule has 4 nitrogen and oxygen atoms in total. The maximum atomic E-state index is 12.0. The Kier molecular flexibility index (Phi) is 9.67. The van der Waals surface area contributed by atoms with Crippen LogP contribution >= 0.6 is 0 Å². The molecule has 0 aromatic carbocycles. The van der Waals surface area contributed by atoms with Crippen LogP contribution in [-0.4, -0.2) is 41.9 Å². The molecule has 0 aliphatic carbocycles. The Hall–Kier alpha value is -0.610. The molecule has 1 unspecified atom stereocenters. The minimum absolute atomic E-state index is 0.0172. The Bertz CT molecular complexity index is 254. The zero-order valence-corrected chi connectivity index (χ0v) is 13.0. The summed E-state index contributed by atoms with van der Waals surface area (Å²) in [6, 6.07) is 0. The van der Waals surface area contributed by atoms with Gasteiger partial charge in [0, 0.05) is 13.0 Å². The molecule has 118 valence electrons. The van der Waals surface area contributed by atoms with Crippen LogP contribution in [0.5, 0.6) is 0 Å². The van der Waals surface area contributed by atoms with Gasteiger partial charge >= 0.3 is 0 Å². The molecule has 1 aliphatic heterocycles. The lowest BCUT2D eigenvalue weighted by Gasteiger charge is -2.19. The van der Waals surface area contributed by atoms with Crippen molar-refractivity contribution < 1.29 is 14.6 Å². The Morgan fingerprint density at radius 2 is 1.65 bits per heavy atom. The highest BCUT2D eigenvalue weighted by atomic mass is 16.6. The van der Waals surface area contributed by atoms with Crippen LogP contribution in [0.4, 0.5) is 0 Å². The fourth-order valence-corrected chi connectivity index (χ4v) is 2.49. The van der Waals surface area contributed by atoms with Crippen molar-refractivity contribution in [2.24, 2.45) is 0 Å². The van der Waals surface area contributed by atoms with E-state index in [4.69, 9.17) is 9.84 Å². The number of carbonyl (C=O) groups is 1. The maximum Gasteiger partial charge on any atom is 0.224 e. The molecule has 0 saturated carbocycles. The molecule has 4 heteroatoms. The van der Waals surface area contributed by atoms with E-state index in [-0.39, 0.29) is 18.7 Å². The standard InChI is InChI=1S/C16H31NO3/c1-2-3-4-5-6-7-8-9-10-11-15(19)17(12-13-18)16-14-20-16/h16,18H,2-14H2,1H3. The van der Waals surface area contributed by atoms with Gasteiger partial charge in [-0.3, -0.25) is 4.79 Å². The van der Waals surface area contributed by atoms with Crippen LogP contribution in [-0.2, 0) is 9.53 Å². The van der Waals surface area contributed by atoms with Gasteiger partial charge in [-0.2, -0.15) is 0 Å². The second-order valence-electron chi connectivity index (χ2n) is 5.68. The van der Waals surface area contributed by atoms with Gasteiger partial charge < -0.3 is 14.7 Å². The minimum atomic E-state index is -0.0618. The minimum Gasteiger partial charge on any atom is -0.395 e. The van der Waals surface area contributed by atoms with Gasteiger partial charge in [0.05, 0.1) is 13.2 Å². The first kappa shape index (κ1) is 17.4. The van der Waals surface area contributed by atoms with Gasteiger partial charge in [0.25, 0.3) is 0 Å². The van der Waals surface area contributed by atoms with Crippen LogP contribution in [0.2, 0.25) is 0 Å². The number of amides is 1. The molecule has 0 radical (unpaired) electrons. The number of aliphatic hydroxyl groups excluding tert-OH is 1. The van der Waals surface area contributed by atoms with Gasteiger partial charge in [0.15, 0.2) is 6.23 Å². The monoisotopic (exact) mass is 285 g/mol. The summed E-state index contributed by atoms with van der Waals surface area (Å²) in [5.74, 6) is 0.129. The second-order valence-corrected chi connectivity index (χ2v) is 5.68. The lowest BCUT2D eigenvalue weighted by Crippen LogP contribution is -2.36. The van der Waals surface area contributed by atoms with E-state index in [1.165, 1.54) is 44.9 Å². The third-order valence-electron chi connectivity index (χ3n) is 3.82. The van der Waals surface area contributed by atoms with Crippen LogP contribution in [0.1, 0.15) is 71.1 Å². The number of ether oxygens (including phenoxy) is 1. The average Bonchev–Trinajstić information content (AvgIpc) is 3.27. The van der Waals surface area contributed by atoms with Crippen molar-refractivity contribution in [1.82, 2.24) is 4.90 Å². The molecule has 0 aromatic heterocycles. The third kappa shape index (κ3) is 7.85. The largest absolute Gasteiger partial charge is 0.395 e. The van der Waals surface area contributed by atoms with Crippen LogP contribution < -0.4 is 0 Å². The fourth-order valence-electron chi connectivity index (χ4n) is 2.49. The quantitative estimate of drug-likeness (QED) is 0.418. The first-order chi connectivity index (χ1) is 9.79. The Morgan fingerprint density at radius 1 is 1.10 bits per heavy atom. The van der Waals surface area contributed by atoms with Crippen LogP contribution in [0.3, 0.4) is 0 Å². The molecule has 1 N–H and O–H groups in total. The molecule has 20 heavy (non-hydrogen) atoms. The first-order valence-corrected chi connectivity index (χ1v) is 8.31. The number of hydrogen-bond donors (Lipinski definition) is 1. The van der Waals surface area contributed by atoms with Gasteiger partial charge in [-0.1, -0.05) is 58.3 Å². The van der Waals surface area contributed by atoms with E-state index >= 15 is 0 Å². The van der Waals surface area contributed by atoms with Crippen molar-refractivity contribution in [2.45, 2.75) is 77.4 Å². The van der Waals surface area contributed by atoms with E-state index < -0.39 is 0 Å². The number of rotatable bonds is 13. The number of unbranched alkanes of at least 4 members (excludes halogenated alkanes) is 8. The van der Waals surface area contributed by atoms with Gasteiger partial charge in [-0.15, -0.1) is 0 Å². The van der Waals surface area contributed by atoms with Crippen LogP contribution in [0.25, 0.3) is 0 Å². The summed E-state index contributed by atoms with van der Waals surface area (Å²) < 4.78 is 5.13. The van der Waals surface area contributed by atoms with Crippen molar-refractivity contribution in [3.63, 3.8) is 0 Å².